The lowest BCUT2D eigenvalue weighted by molar-refractivity contribution is -0.115. The summed E-state index contributed by atoms with van der Waals surface area (Å²) in [6.07, 6.45) is 5.27. The topological polar surface area (TPSA) is 124 Å². The SMILES string of the molecule is COC1C(C2CC2)c2c3c(cc(F)c2[S+]1N1CCC(c2ncn[nH]2)CC1)C(=O)C(=O)C(C#N)N3. The lowest BCUT2D eigenvalue weighted by Crippen LogP contribution is -2.43. The Morgan fingerprint density at radius 2 is 2.03 bits per heavy atom. The van der Waals surface area contributed by atoms with Gasteiger partial charge >= 0.3 is 0 Å². The van der Waals surface area contributed by atoms with Crippen LogP contribution in [-0.4, -0.2) is 62.7 Å². The van der Waals surface area contributed by atoms with Crippen molar-refractivity contribution in [3.63, 3.8) is 0 Å². The lowest BCUT2D eigenvalue weighted by atomic mass is 9.86. The van der Waals surface area contributed by atoms with Crippen LogP contribution in [0.2, 0.25) is 0 Å². The summed E-state index contributed by atoms with van der Waals surface area (Å²) in [5, 5.41) is 19.3. The second-order valence-electron chi connectivity index (χ2n) is 9.28. The van der Waals surface area contributed by atoms with E-state index in [1.807, 2.05) is 6.07 Å². The van der Waals surface area contributed by atoms with Crippen LogP contribution in [0.25, 0.3) is 0 Å². The van der Waals surface area contributed by atoms with Crippen molar-refractivity contribution in [1.29, 1.82) is 5.26 Å². The Bertz CT molecular complexity index is 1200. The van der Waals surface area contributed by atoms with Crippen molar-refractivity contribution in [1.82, 2.24) is 19.5 Å². The zero-order valence-electron chi connectivity index (χ0n) is 18.6. The number of carbonyl (C=O) groups is 2. The van der Waals surface area contributed by atoms with Crippen LogP contribution < -0.4 is 5.32 Å². The zero-order valence-corrected chi connectivity index (χ0v) is 19.4. The van der Waals surface area contributed by atoms with Crippen molar-refractivity contribution in [2.75, 3.05) is 25.5 Å². The number of aromatic nitrogens is 3. The van der Waals surface area contributed by atoms with E-state index in [1.54, 1.807) is 7.11 Å². The molecule has 1 saturated carbocycles. The molecule has 6 rings (SSSR count). The standard InChI is InChI=1S/C23H23FN6O3S/c1-33-23-16(11-2-3-11)17-18-13(19(31)20(32)15(9-25)28-18)8-14(24)21(17)34(23)30-6-4-12(5-7-30)22-26-10-27-29-22/h8,10-12,15-16,23H,2-7H2,1H3,(H-,26,27,28,29,31)/p+1. The van der Waals surface area contributed by atoms with Gasteiger partial charge in [0.15, 0.2) is 11.9 Å². The van der Waals surface area contributed by atoms with Gasteiger partial charge in [-0.1, -0.05) is 0 Å². The van der Waals surface area contributed by atoms with Gasteiger partial charge in [-0.25, -0.2) is 9.37 Å². The molecule has 3 aliphatic heterocycles. The maximum Gasteiger partial charge on any atom is 0.250 e. The molecular formula is C23H24FN6O3S+. The molecule has 2 fully saturated rings. The molecule has 2 aromatic rings. The van der Waals surface area contributed by atoms with E-state index in [4.69, 9.17) is 4.74 Å². The van der Waals surface area contributed by atoms with Crippen LogP contribution in [0.3, 0.4) is 0 Å². The lowest BCUT2D eigenvalue weighted by Gasteiger charge is -2.30. The van der Waals surface area contributed by atoms with E-state index >= 15 is 4.39 Å². The Labute approximate surface area is 198 Å². The van der Waals surface area contributed by atoms with Crippen LogP contribution >= 0.6 is 0 Å². The molecule has 0 bridgehead atoms. The Kier molecular flexibility index (Phi) is 5.20. The molecule has 11 heteroatoms. The molecule has 9 nitrogen and oxygen atoms in total. The highest BCUT2D eigenvalue weighted by Crippen LogP contribution is 2.58. The number of carbonyl (C=O) groups excluding carboxylic acids is 2. The number of benzene rings is 1. The number of ketones is 2. The first kappa shape index (κ1) is 21.7. The molecular weight excluding hydrogens is 459 g/mol. The number of Topliss-reactive ketones (excluding diaryl/α,β-unsaturated/α-hetero) is 2. The minimum atomic E-state index is -1.25. The van der Waals surface area contributed by atoms with Crippen LogP contribution in [0.15, 0.2) is 17.3 Å². The van der Waals surface area contributed by atoms with Gasteiger partial charge in [0.2, 0.25) is 16.5 Å². The van der Waals surface area contributed by atoms with Crippen molar-refractivity contribution < 1.29 is 18.7 Å². The van der Waals surface area contributed by atoms with Crippen molar-refractivity contribution in [3.05, 3.63) is 35.2 Å². The second kappa shape index (κ2) is 8.15. The number of piperidine rings is 1. The highest BCUT2D eigenvalue weighted by atomic mass is 32.2. The number of nitrogens with zero attached hydrogens (tertiary/aromatic N) is 4. The molecule has 0 amide bonds. The predicted octanol–water partition coefficient (Wildman–Crippen LogP) is 2.26. The van der Waals surface area contributed by atoms with Crippen LogP contribution in [0.4, 0.5) is 10.1 Å². The summed E-state index contributed by atoms with van der Waals surface area (Å²) >= 11 is -0.671. The summed E-state index contributed by atoms with van der Waals surface area (Å²) in [5.41, 5.74) is 0.951. The van der Waals surface area contributed by atoms with Gasteiger partial charge in [-0.15, -0.1) is 4.31 Å². The van der Waals surface area contributed by atoms with Gasteiger partial charge in [0.25, 0.3) is 5.44 Å². The number of nitrogens with one attached hydrogen (secondary N) is 2. The Balaban J connectivity index is 1.42. The van der Waals surface area contributed by atoms with Crippen LogP contribution in [0.5, 0.6) is 0 Å². The van der Waals surface area contributed by atoms with Gasteiger partial charge in [-0.3, -0.25) is 14.7 Å². The highest BCUT2D eigenvalue weighted by Gasteiger charge is 2.62. The molecule has 176 valence electrons. The average molecular weight is 484 g/mol. The molecule has 1 aromatic heterocycles. The number of aromatic amines is 1. The minimum absolute atomic E-state index is 0.0303. The van der Waals surface area contributed by atoms with Crippen molar-refractivity contribution in [2.45, 2.75) is 53.9 Å². The van der Waals surface area contributed by atoms with Crippen molar-refractivity contribution in [2.24, 2.45) is 5.92 Å². The number of nitriles is 1. The number of ether oxygens (including phenoxy) is 1. The first-order valence-electron chi connectivity index (χ1n) is 11.5. The van der Waals surface area contributed by atoms with Crippen molar-refractivity contribution >= 4 is 28.3 Å². The van der Waals surface area contributed by atoms with Crippen LogP contribution in [0.1, 0.15) is 59.3 Å². The molecule has 0 spiro atoms. The van der Waals surface area contributed by atoms with Gasteiger partial charge in [0, 0.05) is 31.7 Å². The number of halogens is 1. The van der Waals surface area contributed by atoms with Gasteiger partial charge in [0.05, 0.1) is 23.2 Å². The van der Waals surface area contributed by atoms with Crippen LogP contribution in [-0.2, 0) is 20.6 Å². The third-order valence-corrected chi connectivity index (χ3v) is 10.1. The monoisotopic (exact) mass is 483 g/mol. The van der Waals surface area contributed by atoms with E-state index in [0.29, 0.717) is 16.5 Å². The number of H-pyrrole nitrogens is 1. The number of methoxy groups -OCH3 is 1. The number of anilines is 1. The summed E-state index contributed by atoms with van der Waals surface area (Å²) in [6, 6.07) is 1.80. The number of hydrogen-bond acceptors (Lipinski definition) is 8. The quantitative estimate of drug-likeness (QED) is 0.501. The Morgan fingerprint density at radius 1 is 1.26 bits per heavy atom. The normalized spacial score (nSPS) is 29.4. The van der Waals surface area contributed by atoms with Gasteiger partial charge < -0.3 is 10.1 Å². The molecule has 34 heavy (non-hydrogen) atoms. The molecule has 4 heterocycles. The first-order valence-corrected chi connectivity index (χ1v) is 12.7. The molecule has 1 aromatic carbocycles. The summed E-state index contributed by atoms with van der Waals surface area (Å²) in [6.45, 7) is 1.51. The van der Waals surface area contributed by atoms with E-state index in [2.05, 4.69) is 24.8 Å². The predicted molar refractivity (Wildman–Crippen MR) is 121 cm³/mol. The minimum Gasteiger partial charge on any atom is -0.362 e. The van der Waals surface area contributed by atoms with E-state index in [0.717, 1.165) is 50.2 Å². The maximum atomic E-state index is 15.8. The molecule has 2 N–H and O–H groups in total. The third kappa shape index (κ3) is 3.20. The Morgan fingerprint density at radius 3 is 2.65 bits per heavy atom. The highest BCUT2D eigenvalue weighted by molar-refractivity contribution is 7.95. The molecule has 0 radical (unpaired) electrons. The smallest absolute Gasteiger partial charge is 0.250 e. The first-order chi connectivity index (χ1) is 16.5. The molecule has 4 unspecified atom stereocenters. The second-order valence-corrected chi connectivity index (χ2v) is 11.3. The fraction of sp³-hybridized carbons (Fsp3) is 0.522. The third-order valence-electron chi connectivity index (χ3n) is 7.39. The summed E-state index contributed by atoms with van der Waals surface area (Å²) < 4.78 is 24.1. The number of fused-ring (bicyclic) bond motifs is 3. The van der Waals surface area contributed by atoms with Gasteiger partial charge in [0.1, 0.15) is 23.2 Å². The maximum absolute atomic E-state index is 15.8. The molecule has 1 saturated heterocycles. The Hall–Kier alpha value is -2.81. The van der Waals surface area contributed by atoms with E-state index in [1.165, 1.54) is 12.4 Å². The zero-order chi connectivity index (χ0) is 23.6. The van der Waals surface area contributed by atoms with E-state index in [9.17, 15) is 14.9 Å². The van der Waals surface area contributed by atoms with E-state index in [-0.39, 0.29) is 22.8 Å². The molecule has 1 aliphatic carbocycles. The molecule has 4 aliphatic rings. The summed E-state index contributed by atoms with van der Waals surface area (Å²) in [7, 11) is 1.66. The van der Waals surface area contributed by atoms with Crippen molar-refractivity contribution in [3.8, 4) is 6.07 Å². The largest absolute Gasteiger partial charge is 0.362 e. The summed E-state index contributed by atoms with van der Waals surface area (Å²) in [4.78, 5) is 29.9. The number of hydrogen-bond donors (Lipinski definition) is 2. The fourth-order valence-electron chi connectivity index (χ4n) is 5.64. The van der Waals surface area contributed by atoms with E-state index < -0.39 is 34.5 Å². The van der Waals surface area contributed by atoms with Gasteiger partial charge in [-0.2, -0.15) is 10.4 Å². The number of rotatable bonds is 4. The molecule has 4 atom stereocenters. The van der Waals surface area contributed by atoms with Crippen LogP contribution in [0, 0.1) is 23.1 Å². The summed E-state index contributed by atoms with van der Waals surface area (Å²) in [5.74, 6) is -0.722. The average Bonchev–Trinajstić information content (AvgIpc) is 3.41. The van der Waals surface area contributed by atoms with Gasteiger partial charge in [-0.05, 0) is 37.7 Å². The fourth-order valence-corrected chi connectivity index (χ4v) is 8.57.